The lowest BCUT2D eigenvalue weighted by atomic mass is 10.1. The van der Waals surface area contributed by atoms with E-state index < -0.39 is 5.91 Å². The number of rotatable bonds is 6. The molecule has 0 atom stereocenters. The molecule has 1 N–H and O–H groups in total. The van der Waals surface area contributed by atoms with Crippen LogP contribution in [0.3, 0.4) is 0 Å². The highest BCUT2D eigenvalue weighted by molar-refractivity contribution is 6.02. The van der Waals surface area contributed by atoms with Crippen LogP contribution in [0, 0.1) is 18.3 Å². The SMILES string of the molecule is Cc1cccn2c(=O)c(C=C(C#N)C(=O)NCCc3ccccc3)c(N3CCN(C)CC3)nc12. The Labute approximate surface area is 198 Å². The van der Waals surface area contributed by atoms with Gasteiger partial charge >= 0.3 is 0 Å². The maximum atomic E-state index is 13.5. The molecule has 3 heterocycles. The zero-order valence-electron chi connectivity index (χ0n) is 19.5. The molecule has 0 aliphatic carbocycles. The number of anilines is 1. The van der Waals surface area contributed by atoms with Crippen LogP contribution in [-0.2, 0) is 11.2 Å². The zero-order chi connectivity index (χ0) is 24.1. The lowest BCUT2D eigenvalue weighted by molar-refractivity contribution is -0.117. The van der Waals surface area contributed by atoms with E-state index in [2.05, 4.69) is 22.2 Å². The Morgan fingerprint density at radius 1 is 1.15 bits per heavy atom. The number of nitrogens with zero attached hydrogens (tertiary/aromatic N) is 5. The van der Waals surface area contributed by atoms with Crippen LogP contribution in [0.5, 0.6) is 0 Å². The molecule has 174 valence electrons. The van der Waals surface area contributed by atoms with Crippen molar-refractivity contribution < 1.29 is 4.79 Å². The first-order valence-electron chi connectivity index (χ1n) is 11.4. The van der Waals surface area contributed by atoms with Gasteiger partial charge in [-0.2, -0.15) is 5.26 Å². The Morgan fingerprint density at radius 2 is 1.88 bits per heavy atom. The van der Waals surface area contributed by atoms with Gasteiger partial charge in [0.15, 0.2) is 0 Å². The van der Waals surface area contributed by atoms with Gasteiger partial charge in [-0.15, -0.1) is 0 Å². The third kappa shape index (κ3) is 5.00. The second kappa shape index (κ2) is 10.3. The summed E-state index contributed by atoms with van der Waals surface area (Å²) in [4.78, 5) is 35.3. The Bertz CT molecular complexity index is 1310. The molecule has 1 amide bonds. The molecule has 1 aliphatic heterocycles. The molecular weight excluding hydrogens is 428 g/mol. The van der Waals surface area contributed by atoms with Gasteiger partial charge < -0.3 is 15.1 Å². The van der Waals surface area contributed by atoms with Gasteiger partial charge in [-0.05, 0) is 43.7 Å². The summed E-state index contributed by atoms with van der Waals surface area (Å²) in [5.74, 6) is 0.00809. The summed E-state index contributed by atoms with van der Waals surface area (Å²) in [5, 5.41) is 12.5. The van der Waals surface area contributed by atoms with E-state index in [0.717, 1.165) is 24.2 Å². The molecule has 8 heteroatoms. The summed E-state index contributed by atoms with van der Waals surface area (Å²) in [6, 6.07) is 15.5. The van der Waals surface area contributed by atoms with Crippen LogP contribution in [0.25, 0.3) is 11.7 Å². The second-order valence-electron chi connectivity index (χ2n) is 8.49. The van der Waals surface area contributed by atoms with Crippen LogP contribution in [-0.4, -0.2) is 60.0 Å². The summed E-state index contributed by atoms with van der Waals surface area (Å²) in [6.45, 7) is 5.38. The molecule has 0 unspecified atom stereocenters. The van der Waals surface area contributed by atoms with Gasteiger partial charge in [-0.1, -0.05) is 36.4 Å². The number of piperazine rings is 1. The van der Waals surface area contributed by atoms with E-state index in [1.54, 1.807) is 12.3 Å². The highest BCUT2D eigenvalue weighted by Crippen LogP contribution is 2.21. The van der Waals surface area contributed by atoms with Crippen LogP contribution in [0.1, 0.15) is 16.7 Å². The molecule has 0 bridgehead atoms. The quantitative estimate of drug-likeness (QED) is 0.451. The highest BCUT2D eigenvalue weighted by Gasteiger charge is 2.22. The van der Waals surface area contributed by atoms with Gasteiger partial charge in [0.05, 0.1) is 5.56 Å². The summed E-state index contributed by atoms with van der Waals surface area (Å²) in [7, 11) is 2.05. The summed E-state index contributed by atoms with van der Waals surface area (Å²) in [5.41, 5.74) is 2.38. The van der Waals surface area contributed by atoms with Crippen LogP contribution in [0.2, 0.25) is 0 Å². The largest absolute Gasteiger partial charge is 0.353 e. The Morgan fingerprint density at radius 3 is 2.59 bits per heavy atom. The monoisotopic (exact) mass is 456 g/mol. The first-order chi connectivity index (χ1) is 16.5. The number of nitriles is 1. The molecule has 0 saturated carbocycles. The normalized spacial score (nSPS) is 14.7. The van der Waals surface area contributed by atoms with Crippen molar-refractivity contribution in [2.75, 3.05) is 44.7 Å². The van der Waals surface area contributed by atoms with E-state index in [1.807, 2.05) is 49.4 Å². The molecule has 0 spiro atoms. The van der Waals surface area contributed by atoms with E-state index in [-0.39, 0.29) is 16.7 Å². The fourth-order valence-corrected chi connectivity index (χ4v) is 4.04. The van der Waals surface area contributed by atoms with E-state index in [4.69, 9.17) is 4.98 Å². The van der Waals surface area contributed by atoms with E-state index in [1.165, 1.54) is 10.5 Å². The molecule has 1 aliphatic rings. The Kier molecular flexibility index (Phi) is 7.04. The summed E-state index contributed by atoms with van der Waals surface area (Å²) < 4.78 is 1.48. The molecule has 0 radical (unpaired) electrons. The number of likely N-dealkylation sites (N-methyl/N-ethyl adjacent to an activating group) is 1. The third-order valence-electron chi connectivity index (χ3n) is 6.06. The van der Waals surface area contributed by atoms with Crippen molar-refractivity contribution in [2.24, 2.45) is 0 Å². The van der Waals surface area contributed by atoms with E-state index >= 15 is 0 Å². The number of fused-ring (bicyclic) bond motifs is 1. The number of aryl methyl sites for hydroxylation is 1. The fraction of sp³-hybridized carbons (Fsp3) is 0.308. The van der Waals surface area contributed by atoms with Crippen LogP contribution < -0.4 is 15.8 Å². The number of nitrogens with one attached hydrogen (secondary N) is 1. The molecule has 4 rings (SSSR count). The van der Waals surface area contributed by atoms with E-state index in [0.29, 0.717) is 37.5 Å². The van der Waals surface area contributed by atoms with Gasteiger partial charge in [-0.25, -0.2) is 4.98 Å². The molecule has 1 aromatic carbocycles. The number of amides is 1. The minimum Gasteiger partial charge on any atom is -0.353 e. The molecule has 34 heavy (non-hydrogen) atoms. The van der Waals surface area contributed by atoms with Gasteiger partial charge in [0.2, 0.25) is 0 Å². The number of hydrogen-bond donors (Lipinski definition) is 1. The van der Waals surface area contributed by atoms with Crippen molar-refractivity contribution in [3.63, 3.8) is 0 Å². The average Bonchev–Trinajstić information content (AvgIpc) is 2.85. The van der Waals surface area contributed by atoms with Crippen molar-refractivity contribution in [3.8, 4) is 6.07 Å². The smallest absolute Gasteiger partial charge is 0.267 e. The molecule has 1 fully saturated rings. The first kappa shape index (κ1) is 23.2. The average molecular weight is 457 g/mol. The number of aromatic nitrogens is 2. The van der Waals surface area contributed by atoms with Crippen molar-refractivity contribution >= 4 is 23.4 Å². The van der Waals surface area contributed by atoms with Crippen LogP contribution in [0.15, 0.2) is 59.0 Å². The van der Waals surface area contributed by atoms with Crippen molar-refractivity contribution in [2.45, 2.75) is 13.3 Å². The van der Waals surface area contributed by atoms with Crippen molar-refractivity contribution in [1.29, 1.82) is 5.26 Å². The summed E-state index contributed by atoms with van der Waals surface area (Å²) in [6.07, 6.45) is 3.70. The number of carbonyl (C=O) groups is 1. The first-order valence-corrected chi connectivity index (χ1v) is 11.4. The minimum absolute atomic E-state index is 0.116. The topological polar surface area (TPSA) is 93.7 Å². The standard InChI is InChI=1S/C26H28N6O2/c1-19-7-6-12-32-23(19)29-24(31-15-13-30(2)14-16-31)22(26(32)34)17-21(18-27)25(33)28-11-10-20-8-4-3-5-9-20/h3-9,12,17H,10-11,13-16H2,1-2H3,(H,28,33). The number of carbonyl (C=O) groups excluding carboxylic acids is 1. The maximum absolute atomic E-state index is 13.5. The number of pyridine rings is 1. The lowest BCUT2D eigenvalue weighted by Crippen LogP contribution is -2.45. The Hall–Kier alpha value is -3.96. The predicted molar refractivity (Wildman–Crippen MR) is 133 cm³/mol. The molecular formula is C26H28N6O2. The molecule has 3 aromatic rings. The maximum Gasteiger partial charge on any atom is 0.267 e. The Balaban J connectivity index is 1.68. The molecule has 8 nitrogen and oxygen atoms in total. The summed E-state index contributed by atoms with van der Waals surface area (Å²) >= 11 is 0. The minimum atomic E-state index is -0.503. The van der Waals surface area contributed by atoms with Crippen molar-refractivity contribution in [3.05, 3.63) is 81.3 Å². The van der Waals surface area contributed by atoms with Gasteiger partial charge in [0.1, 0.15) is 23.1 Å². The molecule has 2 aromatic heterocycles. The fourth-order valence-electron chi connectivity index (χ4n) is 4.04. The third-order valence-corrected chi connectivity index (χ3v) is 6.06. The van der Waals surface area contributed by atoms with Gasteiger partial charge in [-0.3, -0.25) is 14.0 Å². The lowest BCUT2D eigenvalue weighted by Gasteiger charge is -2.34. The van der Waals surface area contributed by atoms with Gasteiger partial charge in [0.25, 0.3) is 11.5 Å². The highest BCUT2D eigenvalue weighted by atomic mass is 16.1. The number of benzene rings is 1. The number of hydrogen-bond acceptors (Lipinski definition) is 6. The predicted octanol–water partition coefficient (Wildman–Crippen LogP) is 2.02. The van der Waals surface area contributed by atoms with E-state index in [9.17, 15) is 14.9 Å². The van der Waals surface area contributed by atoms with Crippen molar-refractivity contribution in [1.82, 2.24) is 19.6 Å². The second-order valence-corrected chi connectivity index (χ2v) is 8.49. The van der Waals surface area contributed by atoms with Crippen LogP contribution in [0.4, 0.5) is 5.82 Å². The van der Waals surface area contributed by atoms with Crippen LogP contribution >= 0.6 is 0 Å². The zero-order valence-corrected chi connectivity index (χ0v) is 19.5. The van der Waals surface area contributed by atoms with Gasteiger partial charge in [0, 0.05) is 38.9 Å². The molecule has 1 saturated heterocycles.